The van der Waals surface area contributed by atoms with Crippen molar-refractivity contribution in [2.45, 2.75) is 26.3 Å². The number of nitrogens with zero attached hydrogens (tertiary/aromatic N) is 1. The molecule has 0 aromatic heterocycles. The van der Waals surface area contributed by atoms with Gasteiger partial charge in [0.15, 0.2) is 0 Å². The maximum absolute atomic E-state index is 12.6. The molecule has 0 aliphatic carbocycles. The zero-order valence-corrected chi connectivity index (χ0v) is 15.2. The van der Waals surface area contributed by atoms with E-state index in [1.807, 2.05) is 13.8 Å². The molecule has 1 saturated heterocycles. The van der Waals surface area contributed by atoms with Crippen molar-refractivity contribution in [3.63, 3.8) is 0 Å². The Hall–Kier alpha value is -0.830. The van der Waals surface area contributed by atoms with E-state index in [1.165, 1.54) is 12.1 Å². The summed E-state index contributed by atoms with van der Waals surface area (Å²) in [7, 11) is 0. The molecule has 1 fully saturated rings. The fraction of sp³-hybridized carbons (Fsp3) is 0.625. The number of alkyl halides is 3. The minimum absolute atomic E-state index is 0.0798. The molecule has 1 aliphatic rings. The summed E-state index contributed by atoms with van der Waals surface area (Å²) in [6.45, 7) is 6.86. The van der Waals surface area contributed by atoms with E-state index in [9.17, 15) is 18.3 Å². The van der Waals surface area contributed by atoms with E-state index in [2.05, 4.69) is 30.9 Å². The number of ether oxygens (including phenoxy) is 1. The highest BCUT2D eigenvalue weighted by atomic mass is 79.9. The maximum atomic E-state index is 12.6. The molecule has 24 heavy (non-hydrogen) atoms. The molecule has 0 radical (unpaired) electrons. The van der Waals surface area contributed by atoms with Gasteiger partial charge < -0.3 is 15.2 Å². The highest BCUT2D eigenvalue weighted by Crippen LogP contribution is 2.41. The smallest absolute Gasteiger partial charge is 0.406 e. The Balaban J connectivity index is 2.41. The van der Waals surface area contributed by atoms with Gasteiger partial charge in [-0.15, -0.1) is 13.2 Å². The molecule has 1 aliphatic heterocycles. The van der Waals surface area contributed by atoms with E-state index in [1.54, 1.807) is 6.07 Å². The summed E-state index contributed by atoms with van der Waals surface area (Å²) in [4.78, 5) is 2.19. The molecule has 1 aromatic carbocycles. The molecule has 1 aromatic rings. The summed E-state index contributed by atoms with van der Waals surface area (Å²) in [5.41, 5.74) is 0.165. The molecule has 1 atom stereocenters. The van der Waals surface area contributed by atoms with E-state index in [-0.39, 0.29) is 18.4 Å². The molecule has 4 nitrogen and oxygen atoms in total. The van der Waals surface area contributed by atoms with E-state index >= 15 is 0 Å². The number of aliphatic hydroxyl groups is 1. The van der Waals surface area contributed by atoms with Crippen LogP contribution in [0.25, 0.3) is 0 Å². The molecule has 2 rings (SSSR count). The third kappa shape index (κ3) is 5.08. The fourth-order valence-electron chi connectivity index (χ4n) is 3.12. The van der Waals surface area contributed by atoms with Gasteiger partial charge in [0, 0.05) is 48.7 Å². The number of rotatable bonds is 5. The fourth-order valence-corrected chi connectivity index (χ4v) is 3.61. The standard InChI is InChI=1S/C16H22BrF3N2O2/c1-15(2,10-23)14(22-5-3-21-4-6-22)11-7-12(17)9-13(8-11)24-16(18,19)20/h7-9,14,21,23H,3-6,10H2,1-2H3/t14-/m1/s1. The Bertz CT molecular complexity index is 561. The average molecular weight is 411 g/mol. The first-order valence-corrected chi connectivity index (χ1v) is 8.53. The van der Waals surface area contributed by atoms with Gasteiger partial charge in [-0.1, -0.05) is 29.8 Å². The summed E-state index contributed by atoms with van der Waals surface area (Å²) >= 11 is 3.26. The second-order valence-corrected chi connectivity index (χ2v) is 7.52. The van der Waals surface area contributed by atoms with Crippen LogP contribution in [0.1, 0.15) is 25.5 Å². The van der Waals surface area contributed by atoms with Crippen molar-refractivity contribution in [3.05, 3.63) is 28.2 Å². The van der Waals surface area contributed by atoms with E-state index in [0.717, 1.165) is 26.2 Å². The monoisotopic (exact) mass is 410 g/mol. The van der Waals surface area contributed by atoms with Crippen LogP contribution in [0.3, 0.4) is 0 Å². The van der Waals surface area contributed by atoms with Crippen LogP contribution in [-0.2, 0) is 0 Å². The van der Waals surface area contributed by atoms with Crippen molar-refractivity contribution in [1.29, 1.82) is 0 Å². The van der Waals surface area contributed by atoms with Crippen LogP contribution in [0.4, 0.5) is 13.2 Å². The van der Waals surface area contributed by atoms with E-state index in [0.29, 0.717) is 10.0 Å². The first kappa shape index (κ1) is 19.5. The second-order valence-electron chi connectivity index (χ2n) is 6.60. The number of piperazine rings is 1. The van der Waals surface area contributed by atoms with Crippen LogP contribution in [0.2, 0.25) is 0 Å². The lowest BCUT2D eigenvalue weighted by Crippen LogP contribution is -2.49. The first-order chi connectivity index (χ1) is 11.1. The van der Waals surface area contributed by atoms with Gasteiger partial charge in [-0.3, -0.25) is 4.90 Å². The van der Waals surface area contributed by atoms with Gasteiger partial charge in [0.25, 0.3) is 0 Å². The maximum Gasteiger partial charge on any atom is 0.573 e. The number of aliphatic hydroxyl groups excluding tert-OH is 1. The molecule has 0 saturated carbocycles. The van der Waals surface area contributed by atoms with E-state index < -0.39 is 11.8 Å². The molecule has 0 unspecified atom stereocenters. The summed E-state index contributed by atoms with van der Waals surface area (Å²) in [5.74, 6) is -0.263. The number of benzene rings is 1. The highest BCUT2D eigenvalue weighted by molar-refractivity contribution is 9.10. The van der Waals surface area contributed by atoms with E-state index in [4.69, 9.17) is 0 Å². The quantitative estimate of drug-likeness (QED) is 0.781. The number of hydrogen-bond donors (Lipinski definition) is 2. The molecule has 8 heteroatoms. The van der Waals surface area contributed by atoms with Gasteiger partial charge in [0.1, 0.15) is 5.75 Å². The van der Waals surface area contributed by atoms with Crippen LogP contribution in [0.15, 0.2) is 22.7 Å². The predicted octanol–water partition coefficient (Wildman–Crippen LogP) is 3.31. The van der Waals surface area contributed by atoms with Crippen LogP contribution >= 0.6 is 15.9 Å². The summed E-state index contributed by atoms with van der Waals surface area (Å²) in [6.07, 6.45) is -4.74. The summed E-state index contributed by atoms with van der Waals surface area (Å²) in [6, 6.07) is 4.26. The van der Waals surface area contributed by atoms with Crippen molar-refractivity contribution in [2.75, 3.05) is 32.8 Å². The van der Waals surface area contributed by atoms with Crippen molar-refractivity contribution in [3.8, 4) is 5.75 Å². The predicted molar refractivity (Wildman–Crippen MR) is 88.9 cm³/mol. The highest BCUT2D eigenvalue weighted by Gasteiger charge is 2.37. The van der Waals surface area contributed by atoms with Crippen molar-refractivity contribution in [2.24, 2.45) is 5.41 Å². The third-order valence-electron chi connectivity index (χ3n) is 4.11. The lowest BCUT2D eigenvalue weighted by molar-refractivity contribution is -0.274. The number of nitrogens with one attached hydrogen (secondary N) is 1. The van der Waals surface area contributed by atoms with Crippen LogP contribution in [-0.4, -0.2) is 49.2 Å². The summed E-state index contributed by atoms with van der Waals surface area (Å²) < 4.78 is 42.3. The third-order valence-corrected chi connectivity index (χ3v) is 4.57. The van der Waals surface area contributed by atoms with Crippen molar-refractivity contribution >= 4 is 15.9 Å². The van der Waals surface area contributed by atoms with Gasteiger partial charge in [0.05, 0.1) is 0 Å². The molecule has 0 spiro atoms. The first-order valence-electron chi connectivity index (χ1n) is 7.74. The van der Waals surface area contributed by atoms with Gasteiger partial charge in [-0.05, 0) is 23.8 Å². The average Bonchev–Trinajstić information content (AvgIpc) is 2.46. The lowest BCUT2D eigenvalue weighted by Gasteiger charge is -2.43. The zero-order chi connectivity index (χ0) is 18.0. The molecule has 2 N–H and O–H groups in total. The zero-order valence-electron chi connectivity index (χ0n) is 13.7. The Morgan fingerprint density at radius 2 is 1.88 bits per heavy atom. The normalized spacial score (nSPS) is 18.5. The topological polar surface area (TPSA) is 44.7 Å². The Labute approximate surface area is 148 Å². The molecule has 136 valence electrons. The van der Waals surface area contributed by atoms with Crippen molar-refractivity contribution < 1.29 is 23.0 Å². The summed E-state index contributed by atoms with van der Waals surface area (Å²) in [5, 5.41) is 13.1. The van der Waals surface area contributed by atoms with Gasteiger partial charge in [0.2, 0.25) is 0 Å². The van der Waals surface area contributed by atoms with Gasteiger partial charge >= 0.3 is 6.36 Å². The minimum atomic E-state index is -4.74. The van der Waals surface area contributed by atoms with Gasteiger partial charge in [-0.25, -0.2) is 0 Å². The molecule has 0 amide bonds. The Morgan fingerprint density at radius 3 is 2.42 bits per heavy atom. The minimum Gasteiger partial charge on any atom is -0.406 e. The van der Waals surface area contributed by atoms with Crippen LogP contribution < -0.4 is 10.1 Å². The molecule has 1 heterocycles. The van der Waals surface area contributed by atoms with Gasteiger partial charge in [-0.2, -0.15) is 0 Å². The van der Waals surface area contributed by atoms with Crippen molar-refractivity contribution in [1.82, 2.24) is 10.2 Å². The number of hydrogen-bond acceptors (Lipinski definition) is 4. The second kappa shape index (κ2) is 7.59. The van der Waals surface area contributed by atoms with Crippen LogP contribution in [0.5, 0.6) is 5.75 Å². The number of halogens is 4. The SMILES string of the molecule is CC(C)(CO)[C@@H](c1cc(Br)cc(OC(F)(F)F)c1)N1CCNCC1. The molecular formula is C16H22BrF3N2O2. The molecular weight excluding hydrogens is 389 g/mol. The largest absolute Gasteiger partial charge is 0.573 e. The molecule has 0 bridgehead atoms. The Morgan fingerprint density at radius 1 is 1.25 bits per heavy atom. The lowest BCUT2D eigenvalue weighted by atomic mass is 9.79. The van der Waals surface area contributed by atoms with Crippen LogP contribution in [0, 0.1) is 5.41 Å². The Kier molecular flexibility index (Phi) is 6.17.